The Balaban J connectivity index is 4.07. The second kappa shape index (κ2) is 5.18. The van der Waals surface area contributed by atoms with Gasteiger partial charge in [-0.2, -0.15) is 0 Å². The molecule has 0 aromatic rings. The van der Waals surface area contributed by atoms with Crippen LogP contribution in [-0.4, -0.2) is 57.7 Å². The smallest absolute Gasteiger partial charge is 0.139 e. The molecule has 6 heteroatoms. The van der Waals surface area contributed by atoms with Crippen LogP contribution in [-0.2, 0) is 4.79 Å². The van der Waals surface area contributed by atoms with Crippen molar-refractivity contribution in [2.45, 2.75) is 24.4 Å². The molecule has 4 atom stereocenters. The molecule has 0 aromatic heterocycles. The third-order valence-corrected chi connectivity index (χ3v) is 1.48. The Bertz CT molecular complexity index is 142. The maximum absolute atomic E-state index is 10.0. The Hall–Kier alpha value is -0.530. The molecule has 6 nitrogen and oxygen atoms in total. The third-order valence-electron chi connectivity index (χ3n) is 1.48. The fraction of sp³-hybridized carbons (Fsp3) is 0.833. The van der Waals surface area contributed by atoms with Gasteiger partial charge in [-0.05, 0) is 0 Å². The van der Waals surface area contributed by atoms with Gasteiger partial charge >= 0.3 is 0 Å². The molecule has 12 heavy (non-hydrogen) atoms. The minimum atomic E-state index is -1.62. The first kappa shape index (κ1) is 11.5. The van der Waals surface area contributed by atoms with Crippen molar-refractivity contribution in [2.24, 2.45) is 5.73 Å². The van der Waals surface area contributed by atoms with Crippen LogP contribution in [0, 0.1) is 0 Å². The molecule has 0 fully saturated rings. The summed E-state index contributed by atoms with van der Waals surface area (Å²) in [6, 6.07) is -1.26. The van der Waals surface area contributed by atoms with Crippen molar-refractivity contribution in [3.05, 3.63) is 0 Å². The largest absolute Gasteiger partial charge is 0.394 e. The lowest BCUT2D eigenvalue weighted by Gasteiger charge is -2.23. The van der Waals surface area contributed by atoms with E-state index in [4.69, 9.17) is 26.2 Å². The number of hydrogen-bond acceptors (Lipinski definition) is 6. The molecule has 1 unspecified atom stereocenters. The molecule has 0 heterocycles. The number of hydrogen-bond donors (Lipinski definition) is 5. The van der Waals surface area contributed by atoms with E-state index in [1.807, 2.05) is 0 Å². The third kappa shape index (κ3) is 2.84. The molecule has 6 N–H and O–H groups in total. The van der Waals surface area contributed by atoms with Crippen LogP contribution in [0.25, 0.3) is 0 Å². The quantitative estimate of drug-likeness (QED) is 0.280. The number of nitrogens with two attached hydrogens (primary N) is 1. The van der Waals surface area contributed by atoms with Crippen LogP contribution in [0.2, 0.25) is 0 Å². The molecule has 0 aliphatic carbocycles. The van der Waals surface area contributed by atoms with E-state index in [9.17, 15) is 4.79 Å². The second-order valence-electron chi connectivity index (χ2n) is 2.44. The Kier molecular flexibility index (Phi) is 4.95. The number of carbonyl (C=O) groups excluding carboxylic acids is 1. The van der Waals surface area contributed by atoms with E-state index in [1.54, 1.807) is 0 Å². The van der Waals surface area contributed by atoms with E-state index in [2.05, 4.69) is 0 Å². The summed E-state index contributed by atoms with van der Waals surface area (Å²) >= 11 is 0. The summed E-state index contributed by atoms with van der Waals surface area (Å²) in [5.74, 6) is 0. The average molecular weight is 179 g/mol. The first-order valence-electron chi connectivity index (χ1n) is 3.40. The van der Waals surface area contributed by atoms with Crippen molar-refractivity contribution in [3.63, 3.8) is 0 Å². The highest BCUT2D eigenvalue weighted by Gasteiger charge is 2.28. The van der Waals surface area contributed by atoms with Gasteiger partial charge in [-0.3, -0.25) is 0 Å². The fourth-order valence-corrected chi connectivity index (χ4v) is 0.644. The van der Waals surface area contributed by atoms with Gasteiger partial charge in [0.1, 0.15) is 24.6 Å². The molecular formula is C6H13NO5. The van der Waals surface area contributed by atoms with Crippen molar-refractivity contribution >= 4 is 6.29 Å². The Morgan fingerprint density at radius 3 is 2.08 bits per heavy atom. The number of carbonyl (C=O) groups is 1. The van der Waals surface area contributed by atoms with Crippen LogP contribution in [0.5, 0.6) is 0 Å². The van der Waals surface area contributed by atoms with Gasteiger partial charge < -0.3 is 31.0 Å². The van der Waals surface area contributed by atoms with Crippen LogP contribution >= 0.6 is 0 Å². The number of aliphatic hydroxyl groups is 4. The SMILES string of the molecule is N[C@@H](C=O)[C@@H](O)[C@H](O)C(O)CO. The predicted octanol–water partition coefficient (Wildman–Crippen LogP) is -3.41. The first-order valence-corrected chi connectivity index (χ1v) is 3.40. The number of rotatable bonds is 5. The Morgan fingerprint density at radius 2 is 1.75 bits per heavy atom. The molecule has 0 saturated carbocycles. The molecule has 0 saturated heterocycles. The van der Waals surface area contributed by atoms with Gasteiger partial charge in [-0.15, -0.1) is 0 Å². The van der Waals surface area contributed by atoms with Gasteiger partial charge in [0.05, 0.1) is 12.6 Å². The van der Waals surface area contributed by atoms with Gasteiger partial charge in [-0.1, -0.05) is 0 Å². The highest BCUT2D eigenvalue weighted by Crippen LogP contribution is 2.01. The van der Waals surface area contributed by atoms with Gasteiger partial charge in [0.25, 0.3) is 0 Å². The van der Waals surface area contributed by atoms with E-state index >= 15 is 0 Å². The minimum absolute atomic E-state index is 0.248. The predicted molar refractivity (Wildman–Crippen MR) is 39.1 cm³/mol. The van der Waals surface area contributed by atoms with Crippen molar-refractivity contribution in [1.82, 2.24) is 0 Å². The Morgan fingerprint density at radius 1 is 1.25 bits per heavy atom. The molecule has 72 valence electrons. The fourth-order valence-electron chi connectivity index (χ4n) is 0.644. The highest BCUT2D eigenvalue weighted by atomic mass is 16.4. The summed E-state index contributed by atoms with van der Waals surface area (Å²) in [5.41, 5.74) is 5.04. The zero-order valence-corrected chi connectivity index (χ0v) is 6.37. The van der Waals surface area contributed by atoms with E-state index < -0.39 is 31.0 Å². The van der Waals surface area contributed by atoms with Gasteiger partial charge in [0.15, 0.2) is 0 Å². The maximum Gasteiger partial charge on any atom is 0.139 e. The topological polar surface area (TPSA) is 124 Å². The molecule has 0 amide bonds. The maximum atomic E-state index is 10.0. The molecule has 0 aliphatic rings. The van der Waals surface area contributed by atoms with Crippen molar-refractivity contribution in [3.8, 4) is 0 Å². The van der Waals surface area contributed by atoms with Crippen LogP contribution < -0.4 is 5.73 Å². The van der Waals surface area contributed by atoms with Gasteiger partial charge in [0, 0.05) is 0 Å². The normalized spacial score (nSPS) is 21.1. The summed E-state index contributed by atoms with van der Waals surface area (Å²) < 4.78 is 0. The average Bonchev–Trinajstić information content (AvgIpc) is 2.12. The number of aliphatic hydroxyl groups excluding tert-OH is 4. The summed E-state index contributed by atoms with van der Waals surface area (Å²) in [4.78, 5) is 10.0. The lowest BCUT2D eigenvalue weighted by Crippen LogP contribution is -2.49. The number of aldehydes is 1. The van der Waals surface area contributed by atoms with Crippen LogP contribution in [0.15, 0.2) is 0 Å². The lowest BCUT2D eigenvalue weighted by molar-refractivity contribution is -0.118. The van der Waals surface area contributed by atoms with Crippen LogP contribution in [0.1, 0.15) is 0 Å². The summed E-state index contributed by atoms with van der Waals surface area (Å²) in [5, 5.41) is 35.2. The van der Waals surface area contributed by atoms with Crippen molar-refractivity contribution in [1.29, 1.82) is 0 Å². The molecule has 0 radical (unpaired) electrons. The molecule has 0 spiro atoms. The minimum Gasteiger partial charge on any atom is -0.394 e. The van der Waals surface area contributed by atoms with Crippen molar-refractivity contribution < 1.29 is 25.2 Å². The monoisotopic (exact) mass is 179 g/mol. The molecule has 0 rings (SSSR count). The zero-order chi connectivity index (χ0) is 9.72. The molecular weight excluding hydrogens is 166 g/mol. The first-order chi connectivity index (χ1) is 5.54. The Labute approximate surface area is 69.2 Å². The molecule has 0 aromatic carbocycles. The summed E-state index contributed by atoms with van der Waals surface area (Å²) in [7, 11) is 0. The van der Waals surface area contributed by atoms with E-state index in [0.29, 0.717) is 0 Å². The molecule has 0 aliphatic heterocycles. The van der Waals surface area contributed by atoms with Crippen molar-refractivity contribution in [2.75, 3.05) is 6.61 Å². The summed E-state index contributed by atoms with van der Waals surface area (Å²) in [6.45, 7) is -0.705. The van der Waals surface area contributed by atoms with Crippen LogP contribution in [0.3, 0.4) is 0 Å². The lowest BCUT2D eigenvalue weighted by atomic mass is 10.0. The zero-order valence-electron chi connectivity index (χ0n) is 6.37. The van der Waals surface area contributed by atoms with Gasteiger partial charge in [-0.25, -0.2) is 0 Å². The van der Waals surface area contributed by atoms with Crippen LogP contribution in [0.4, 0.5) is 0 Å². The van der Waals surface area contributed by atoms with E-state index in [0.717, 1.165) is 0 Å². The standard InChI is InChI=1S/C6H13NO5/c7-3(1-8)5(11)6(12)4(10)2-9/h1,3-6,9-12H,2,7H2/t3-,4?,5+,6+/m0/s1. The molecule has 0 bridgehead atoms. The second-order valence-corrected chi connectivity index (χ2v) is 2.44. The highest BCUT2D eigenvalue weighted by molar-refractivity contribution is 5.58. The van der Waals surface area contributed by atoms with Gasteiger partial charge in [0.2, 0.25) is 0 Å². The van der Waals surface area contributed by atoms with E-state index in [1.165, 1.54) is 0 Å². The summed E-state index contributed by atoms with van der Waals surface area (Å²) in [6.07, 6.45) is -4.43. The van der Waals surface area contributed by atoms with E-state index in [-0.39, 0.29) is 6.29 Å².